The maximum atomic E-state index is 5.56. The van der Waals surface area contributed by atoms with Gasteiger partial charge in [0.2, 0.25) is 0 Å². The highest BCUT2D eigenvalue weighted by Gasteiger charge is 2.11. The number of pyridine rings is 1. The number of anilines is 1. The van der Waals surface area contributed by atoms with Crippen LogP contribution in [0.1, 0.15) is 5.69 Å². The molecule has 0 aliphatic carbocycles. The lowest BCUT2D eigenvalue weighted by molar-refractivity contribution is 0.168. The molecule has 17 heavy (non-hydrogen) atoms. The van der Waals surface area contributed by atoms with E-state index in [0.717, 1.165) is 38.4 Å². The van der Waals surface area contributed by atoms with Crippen molar-refractivity contribution in [1.82, 2.24) is 14.8 Å². The molecule has 1 aliphatic heterocycles. The third-order valence-corrected chi connectivity index (χ3v) is 2.90. The van der Waals surface area contributed by atoms with Crippen molar-refractivity contribution in [2.75, 3.05) is 45.5 Å². The van der Waals surface area contributed by atoms with Gasteiger partial charge in [0.05, 0.1) is 18.4 Å². The highest BCUT2D eigenvalue weighted by molar-refractivity contribution is 5.39. The van der Waals surface area contributed by atoms with Crippen molar-refractivity contribution in [3.8, 4) is 11.8 Å². The average Bonchev–Trinajstić information content (AvgIpc) is 2.34. The Labute approximate surface area is 102 Å². The molecule has 1 aromatic rings. The third-order valence-electron chi connectivity index (χ3n) is 2.90. The van der Waals surface area contributed by atoms with Crippen LogP contribution in [0.4, 0.5) is 5.69 Å². The number of piperazine rings is 1. The highest BCUT2D eigenvalue weighted by atomic mass is 15.2. The van der Waals surface area contributed by atoms with Gasteiger partial charge in [-0.25, -0.2) is 4.98 Å². The number of rotatable bonds is 1. The fourth-order valence-electron chi connectivity index (χ4n) is 1.73. The standard InChI is InChI=1S/C13H18N4/c1-16-7-9-17(10-8-16)6-2-3-13-5-4-12(14)11-15-13/h4-5,11H,6-10,14H2,1H3. The van der Waals surface area contributed by atoms with Crippen LogP contribution in [-0.4, -0.2) is 54.6 Å². The molecule has 1 saturated heterocycles. The van der Waals surface area contributed by atoms with Crippen LogP contribution >= 0.6 is 0 Å². The molecule has 0 amide bonds. The summed E-state index contributed by atoms with van der Waals surface area (Å²) in [4.78, 5) is 8.85. The van der Waals surface area contributed by atoms with Crippen molar-refractivity contribution < 1.29 is 0 Å². The zero-order valence-electron chi connectivity index (χ0n) is 10.2. The Morgan fingerprint density at radius 3 is 2.71 bits per heavy atom. The summed E-state index contributed by atoms with van der Waals surface area (Å²) < 4.78 is 0. The molecule has 0 aromatic carbocycles. The fourth-order valence-corrected chi connectivity index (χ4v) is 1.73. The average molecular weight is 230 g/mol. The Morgan fingerprint density at radius 2 is 2.06 bits per heavy atom. The van der Waals surface area contributed by atoms with Crippen molar-refractivity contribution in [2.24, 2.45) is 0 Å². The number of nitrogens with two attached hydrogens (primary N) is 1. The number of aromatic nitrogens is 1. The van der Waals surface area contributed by atoms with Crippen LogP contribution in [0, 0.1) is 11.8 Å². The van der Waals surface area contributed by atoms with Crippen LogP contribution in [0.2, 0.25) is 0 Å². The van der Waals surface area contributed by atoms with E-state index >= 15 is 0 Å². The highest BCUT2D eigenvalue weighted by Crippen LogP contribution is 2.00. The van der Waals surface area contributed by atoms with Gasteiger partial charge in [-0.15, -0.1) is 0 Å². The summed E-state index contributed by atoms with van der Waals surface area (Å²) >= 11 is 0. The van der Waals surface area contributed by atoms with Gasteiger partial charge in [-0.2, -0.15) is 0 Å². The molecular formula is C13H18N4. The Morgan fingerprint density at radius 1 is 1.29 bits per heavy atom. The van der Waals surface area contributed by atoms with Crippen LogP contribution in [0.15, 0.2) is 18.3 Å². The molecule has 0 saturated carbocycles. The molecule has 1 aliphatic rings. The first kappa shape index (κ1) is 11.9. The van der Waals surface area contributed by atoms with Crippen LogP contribution in [0.25, 0.3) is 0 Å². The molecule has 0 unspecified atom stereocenters. The normalized spacial score (nSPS) is 17.5. The predicted molar refractivity (Wildman–Crippen MR) is 69.5 cm³/mol. The predicted octanol–water partition coefficient (Wildman–Crippen LogP) is 0.263. The van der Waals surface area contributed by atoms with E-state index < -0.39 is 0 Å². The summed E-state index contributed by atoms with van der Waals surface area (Å²) in [7, 11) is 2.15. The van der Waals surface area contributed by atoms with E-state index in [0.29, 0.717) is 5.69 Å². The lowest BCUT2D eigenvalue weighted by Crippen LogP contribution is -2.44. The Hall–Kier alpha value is -1.57. The van der Waals surface area contributed by atoms with E-state index in [1.807, 2.05) is 12.1 Å². The molecule has 2 N–H and O–H groups in total. The molecule has 2 rings (SSSR count). The maximum absolute atomic E-state index is 5.56. The molecule has 4 nitrogen and oxygen atoms in total. The molecule has 1 fully saturated rings. The van der Waals surface area contributed by atoms with E-state index in [-0.39, 0.29) is 0 Å². The quantitative estimate of drug-likeness (QED) is 0.703. The summed E-state index contributed by atoms with van der Waals surface area (Å²) in [6.07, 6.45) is 1.64. The molecule has 0 spiro atoms. The third kappa shape index (κ3) is 3.74. The van der Waals surface area contributed by atoms with Crippen molar-refractivity contribution in [2.45, 2.75) is 0 Å². The van der Waals surface area contributed by atoms with Crippen LogP contribution in [0.5, 0.6) is 0 Å². The van der Waals surface area contributed by atoms with Gasteiger partial charge in [0.15, 0.2) is 0 Å². The molecule has 0 radical (unpaired) electrons. The first-order valence-corrected chi connectivity index (χ1v) is 5.85. The molecule has 1 aromatic heterocycles. The van der Waals surface area contributed by atoms with Gasteiger partial charge >= 0.3 is 0 Å². The van der Waals surface area contributed by atoms with E-state index in [9.17, 15) is 0 Å². The fraction of sp³-hybridized carbons (Fsp3) is 0.462. The van der Waals surface area contributed by atoms with Gasteiger partial charge in [0, 0.05) is 26.2 Å². The van der Waals surface area contributed by atoms with Crippen molar-refractivity contribution in [3.05, 3.63) is 24.0 Å². The van der Waals surface area contributed by atoms with Gasteiger partial charge in [-0.05, 0) is 25.1 Å². The van der Waals surface area contributed by atoms with Crippen LogP contribution < -0.4 is 5.73 Å². The lowest BCUT2D eigenvalue weighted by Gasteiger charge is -2.30. The maximum Gasteiger partial charge on any atom is 0.113 e. The van der Waals surface area contributed by atoms with Crippen molar-refractivity contribution in [3.63, 3.8) is 0 Å². The number of hydrogen-bond donors (Lipinski definition) is 1. The molecular weight excluding hydrogens is 212 g/mol. The Bertz CT molecular complexity index is 407. The minimum absolute atomic E-state index is 0.676. The first-order chi connectivity index (χ1) is 8.24. The number of likely N-dealkylation sites (N-methyl/N-ethyl adjacent to an activating group) is 1. The summed E-state index contributed by atoms with van der Waals surface area (Å²) in [5, 5.41) is 0. The molecule has 2 heterocycles. The van der Waals surface area contributed by atoms with E-state index in [2.05, 4.69) is 33.7 Å². The van der Waals surface area contributed by atoms with Crippen LogP contribution in [0.3, 0.4) is 0 Å². The number of nitrogens with zero attached hydrogens (tertiary/aromatic N) is 3. The molecule has 0 bridgehead atoms. The van der Waals surface area contributed by atoms with E-state index in [4.69, 9.17) is 5.73 Å². The largest absolute Gasteiger partial charge is 0.397 e. The smallest absolute Gasteiger partial charge is 0.113 e. The number of hydrogen-bond acceptors (Lipinski definition) is 4. The Kier molecular flexibility index (Phi) is 3.97. The van der Waals surface area contributed by atoms with E-state index in [1.54, 1.807) is 6.20 Å². The molecule has 4 heteroatoms. The van der Waals surface area contributed by atoms with E-state index in [1.165, 1.54) is 0 Å². The summed E-state index contributed by atoms with van der Waals surface area (Å²) in [5.41, 5.74) is 7.02. The number of nitrogen functional groups attached to an aromatic ring is 1. The topological polar surface area (TPSA) is 45.4 Å². The van der Waals surface area contributed by atoms with Gasteiger partial charge in [0.25, 0.3) is 0 Å². The van der Waals surface area contributed by atoms with Crippen molar-refractivity contribution in [1.29, 1.82) is 0 Å². The monoisotopic (exact) mass is 230 g/mol. The van der Waals surface area contributed by atoms with Gasteiger partial charge in [0.1, 0.15) is 5.69 Å². The molecule has 90 valence electrons. The second kappa shape index (κ2) is 5.67. The lowest BCUT2D eigenvalue weighted by atomic mass is 10.3. The Balaban J connectivity index is 1.84. The zero-order valence-corrected chi connectivity index (χ0v) is 10.2. The summed E-state index contributed by atoms with van der Waals surface area (Å²) in [6.45, 7) is 5.27. The summed E-state index contributed by atoms with van der Waals surface area (Å²) in [6, 6.07) is 3.68. The minimum Gasteiger partial charge on any atom is -0.397 e. The minimum atomic E-state index is 0.676. The second-order valence-corrected chi connectivity index (χ2v) is 4.36. The SMILES string of the molecule is CN1CCN(CC#Cc2ccc(N)cn2)CC1. The van der Waals surface area contributed by atoms with Crippen molar-refractivity contribution >= 4 is 5.69 Å². The first-order valence-electron chi connectivity index (χ1n) is 5.85. The molecule has 0 atom stereocenters. The van der Waals surface area contributed by atoms with Crippen LogP contribution in [-0.2, 0) is 0 Å². The van der Waals surface area contributed by atoms with Gasteiger partial charge in [-0.1, -0.05) is 5.92 Å². The van der Waals surface area contributed by atoms with Gasteiger partial charge < -0.3 is 10.6 Å². The summed E-state index contributed by atoms with van der Waals surface area (Å²) in [5.74, 6) is 6.22. The second-order valence-electron chi connectivity index (χ2n) is 4.36. The van der Waals surface area contributed by atoms with Gasteiger partial charge in [-0.3, -0.25) is 4.90 Å². The zero-order chi connectivity index (χ0) is 12.1.